The van der Waals surface area contributed by atoms with Gasteiger partial charge in [0, 0.05) is 18.0 Å². The zero-order valence-corrected chi connectivity index (χ0v) is 11.1. The molecule has 0 atom stereocenters. The number of aromatic hydroxyl groups is 1. The Kier molecular flexibility index (Phi) is 3.98. The molecule has 1 rings (SSSR count). The monoisotopic (exact) mass is 291 g/mol. The van der Waals surface area contributed by atoms with Crippen LogP contribution in [0.4, 0.5) is 0 Å². The Balaban J connectivity index is 3.76. The second-order valence-corrected chi connectivity index (χ2v) is 5.74. The minimum absolute atomic E-state index is 0.139. The second-order valence-electron chi connectivity index (χ2n) is 3.41. The fourth-order valence-electron chi connectivity index (χ4n) is 1.40. The Labute approximate surface area is 109 Å². The van der Waals surface area contributed by atoms with Gasteiger partial charge in [-0.3, -0.25) is 0 Å². The molecule has 0 aromatic heterocycles. The molecule has 6 nitrogen and oxygen atoms in total. The lowest BCUT2D eigenvalue weighted by Crippen LogP contribution is -2.08. The summed E-state index contributed by atoms with van der Waals surface area (Å²) in [5.74, 6) is -1.60. The summed E-state index contributed by atoms with van der Waals surface area (Å²) in [6.45, 7) is 0. The van der Waals surface area contributed by atoms with Crippen LogP contribution in [-0.2, 0) is 14.6 Å². The van der Waals surface area contributed by atoms with Crippen molar-refractivity contribution in [3.8, 4) is 5.75 Å². The van der Waals surface area contributed by atoms with Gasteiger partial charge in [0.25, 0.3) is 0 Å². The maximum atomic E-state index is 11.5. The first-order valence-electron chi connectivity index (χ1n) is 4.58. The molecule has 0 unspecified atom stereocenters. The average Bonchev–Trinajstić information content (AvgIpc) is 2.29. The molecule has 0 spiro atoms. The lowest BCUT2D eigenvalue weighted by atomic mass is 10.1. The van der Waals surface area contributed by atoms with E-state index in [1.807, 2.05) is 0 Å². The molecule has 0 amide bonds. The van der Waals surface area contributed by atoms with Gasteiger partial charge in [0.2, 0.25) is 0 Å². The molecule has 0 fully saturated rings. The highest BCUT2D eigenvalue weighted by atomic mass is 35.5. The van der Waals surface area contributed by atoms with Gasteiger partial charge in [-0.15, -0.1) is 0 Å². The highest BCUT2D eigenvalue weighted by molar-refractivity contribution is 7.90. The minimum Gasteiger partial charge on any atom is -0.505 e. The molecule has 8 heteroatoms. The second kappa shape index (κ2) is 4.95. The molecule has 0 radical (unpaired) electrons. The van der Waals surface area contributed by atoms with E-state index in [0.29, 0.717) is 6.21 Å². The number of hydrogen-bond donors (Lipinski definition) is 2. The van der Waals surface area contributed by atoms with E-state index in [0.717, 1.165) is 19.4 Å². The molecule has 0 saturated heterocycles. The predicted molar refractivity (Wildman–Crippen MR) is 65.5 cm³/mol. The molecule has 0 aliphatic rings. The smallest absolute Gasteiger partial charge is 0.339 e. The van der Waals surface area contributed by atoms with Gasteiger partial charge in [-0.1, -0.05) is 11.6 Å². The summed E-state index contributed by atoms with van der Waals surface area (Å²) in [6.07, 6.45) is 1.57. The number of nitrogens with one attached hydrogen (secondary N) is 1. The van der Waals surface area contributed by atoms with E-state index in [9.17, 15) is 18.3 Å². The maximum Gasteiger partial charge on any atom is 0.339 e. The molecule has 0 heterocycles. The molecule has 0 bridgehead atoms. The van der Waals surface area contributed by atoms with E-state index < -0.39 is 31.5 Å². The molecule has 0 aliphatic carbocycles. The van der Waals surface area contributed by atoms with Crippen molar-refractivity contribution in [3.05, 3.63) is 22.2 Å². The zero-order valence-electron chi connectivity index (χ0n) is 9.52. The number of carbonyl (C=O) groups is 1. The molecule has 98 valence electrons. The summed E-state index contributed by atoms with van der Waals surface area (Å²) in [5.41, 5.74) is -0.345. The average molecular weight is 292 g/mol. The van der Waals surface area contributed by atoms with E-state index in [1.54, 1.807) is 0 Å². The highest BCUT2D eigenvalue weighted by Gasteiger charge is 2.25. The number of hydrogen-bond acceptors (Lipinski definition) is 6. The Morgan fingerprint density at radius 3 is 2.50 bits per heavy atom. The summed E-state index contributed by atoms with van der Waals surface area (Å²) >= 11 is 5.72. The highest BCUT2D eigenvalue weighted by Crippen LogP contribution is 2.36. The van der Waals surface area contributed by atoms with Crippen LogP contribution in [-0.4, -0.2) is 39.1 Å². The summed E-state index contributed by atoms with van der Waals surface area (Å²) in [4.78, 5) is 10.9. The third-order valence-electron chi connectivity index (χ3n) is 2.15. The van der Waals surface area contributed by atoms with Crippen LogP contribution in [0.1, 0.15) is 15.9 Å². The van der Waals surface area contributed by atoms with Crippen LogP contribution in [0, 0.1) is 5.41 Å². The van der Waals surface area contributed by atoms with E-state index >= 15 is 0 Å². The van der Waals surface area contributed by atoms with Gasteiger partial charge in [0.15, 0.2) is 15.6 Å². The quantitative estimate of drug-likeness (QED) is 0.644. The number of halogens is 1. The Morgan fingerprint density at radius 1 is 1.56 bits per heavy atom. The number of rotatable bonds is 3. The number of carbonyl (C=O) groups excluding carboxylic acids is 1. The fraction of sp³-hybridized carbons (Fsp3) is 0.200. The van der Waals surface area contributed by atoms with E-state index in [4.69, 9.17) is 17.0 Å². The standard InChI is InChI=1S/C10H10ClNO5S/c1-17-10(14)6-3-5(4-12)9(18(2,15)16)8(13)7(6)11/h3-4,12-13H,1-2H3. The number of phenolic OH excluding ortho intramolecular Hbond substituents is 1. The summed E-state index contributed by atoms with van der Waals surface area (Å²) in [5, 5.41) is 16.5. The van der Waals surface area contributed by atoms with E-state index in [1.165, 1.54) is 0 Å². The number of benzene rings is 1. The topological polar surface area (TPSA) is 105 Å². The number of methoxy groups -OCH3 is 1. The first-order chi connectivity index (χ1) is 8.23. The number of esters is 1. The molecule has 0 aliphatic heterocycles. The van der Waals surface area contributed by atoms with Crippen LogP contribution in [0.15, 0.2) is 11.0 Å². The largest absolute Gasteiger partial charge is 0.505 e. The van der Waals surface area contributed by atoms with Crippen molar-refractivity contribution in [1.82, 2.24) is 0 Å². The Morgan fingerprint density at radius 2 is 2.11 bits per heavy atom. The lowest BCUT2D eigenvalue weighted by molar-refractivity contribution is 0.0600. The summed E-state index contributed by atoms with van der Waals surface area (Å²) in [7, 11) is -2.67. The van der Waals surface area contributed by atoms with Crippen molar-refractivity contribution in [2.75, 3.05) is 13.4 Å². The van der Waals surface area contributed by atoms with Gasteiger partial charge in [0.05, 0.1) is 17.7 Å². The van der Waals surface area contributed by atoms with Crippen molar-refractivity contribution < 1.29 is 23.1 Å². The molecular weight excluding hydrogens is 282 g/mol. The molecule has 1 aromatic carbocycles. The number of ether oxygens (including phenoxy) is 1. The van der Waals surface area contributed by atoms with E-state index in [-0.39, 0.29) is 11.1 Å². The third-order valence-corrected chi connectivity index (χ3v) is 3.71. The van der Waals surface area contributed by atoms with Crippen LogP contribution in [0.25, 0.3) is 0 Å². The predicted octanol–water partition coefficient (Wildman–Crippen LogP) is 1.23. The van der Waals surface area contributed by atoms with Crippen molar-refractivity contribution in [3.63, 3.8) is 0 Å². The van der Waals surface area contributed by atoms with Crippen molar-refractivity contribution in [2.45, 2.75) is 4.90 Å². The SMILES string of the molecule is COC(=O)c1cc(C=N)c(S(C)(=O)=O)c(O)c1Cl. The number of sulfone groups is 1. The molecule has 1 aromatic rings. The summed E-state index contributed by atoms with van der Waals surface area (Å²) in [6, 6.07) is 1.08. The lowest BCUT2D eigenvalue weighted by Gasteiger charge is -2.11. The van der Waals surface area contributed by atoms with Crippen LogP contribution in [0.2, 0.25) is 5.02 Å². The van der Waals surface area contributed by atoms with Gasteiger partial charge in [-0.25, -0.2) is 13.2 Å². The van der Waals surface area contributed by atoms with Crippen LogP contribution < -0.4 is 0 Å². The van der Waals surface area contributed by atoms with Gasteiger partial charge < -0.3 is 15.3 Å². The van der Waals surface area contributed by atoms with Crippen molar-refractivity contribution >= 4 is 33.6 Å². The van der Waals surface area contributed by atoms with E-state index in [2.05, 4.69) is 4.74 Å². The first kappa shape index (κ1) is 14.5. The zero-order chi connectivity index (χ0) is 14.1. The van der Waals surface area contributed by atoms with Crippen LogP contribution >= 0.6 is 11.6 Å². The molecule has 18 heavy (non-hydrogen) atoms. The fourth-order valence-corrected chi connectivity index (χ4v) is 2.69. The minimum atomic E-state index is -3.79. The van der Waals surface area contributed by atoms with Gasteiger partial charge in [-0.05, 0) is 6.07 Å². The van der Waals surface area contributed by atoms with Crippen LogP contribution in [0.5, 0.6) is 5.75 Å². The third kappa shape index (κ3) is 2.46. The van der Waals surface area contributed by atoms with Gasteiger partial charge in [0.1, 0.15) is 4.90 Å². The normalized spacial score (nSPS) is 11.1. The van der Waals surface area contributed by atoms with Gasteiger partial charge in [-0.2, -0.15) is 0 Å². The molecule has 2 N–H and O–H groups in total. The Bertz CT molecular complexity index is 624. The number of phenols is 1. The maximum absolute atomic E-state index is 11.5. The van der Waals surface area contributed by atoms with Crippen molar-refractivity contribution in [2.24, 2.45) is 0 Å². The van der Waals surface area contributed by atoms with Crippen LogP contribution in [0.3, 0.4) is 0 Å². The summed E-state index contributed by atoms with van der Waals surface area (Å²) < 4.78 is 27.4. The van der Waals surface area contributed by atoms with Gasteiger partial charge >= 0.3 is 5.97 Å². The molecular formula is C10H10ClNO5S. The Hall–Kier alpha value is -1.60. The first-order valence-corrected chi connectivity index (χ1v) is 6.85. The molecule has 0 saturated carbocycles. The van der Waals surface area contributed by atoms with Crippen molar-refractivity contribution in [1.29, 1.82) is 5.41 Å².